The first kappa shape index (κ1) is 21.9. The normalized spacial score (nSPS) is 12.4. The summed E-state index contributed by atoms with van der Waals surface area (Å²) < 4.78 is 0. The van der Waals surface area contributed by atoms with E-state index in [2.05, 4.69) is 65.2 Å². The average Bonchev–Trinajstić information content (AvgIpc) is 3.02. The predicted molar refractivity (Wildman–Crippen MR) is 119 cm³/mol. The summed E-state index contributed by atoms with van der Waals surface area (Å²) in [6.45, 7) is 8.91. The number of aryl methyl sites for hydroxylation is 2. The molecule has 0 saturated heterocycles. The van der Waals surface area contributed by atoms with Crippen molar-refractivity contribution in [2.24, 2.45) is 4.99 Å². The van der Waals surface area contributed by atoms with Crippen molar-refractivity contribution >= 4 is 41.3 Å². The molecule has 2 aromatic rings. The number of halogens is 1. The Hall–Kier alpha value is -1.15. The maximum atomic E-state index is 4.72. The molecule has 25 heavy (non-hydrogen) atoms. The van der Waals surface area contributed by atoms with Gasteiger partial charge in [-0.3, -0.25) is 4.99 Å². The number of guanidine groups is 1. The first-order chi connectivity index (χ1) is 11.7. The molecule has 0 spiro atoms. The first-order valence-corrected chi connectivity index (χ1v) is 9.55. The predicted octanol–water partition coefficient (Wildman–Crippen LogP) is 4.36. The fraction of sp³-hybridized carbons (Fsp3) is 0.474. The minimum atomic E-state index is 0. The highest BCUT2D eigenvalue weighted by molar-refractivity contribution is 14.0. The zero-order valence-corrected chi connectivity index (χ0v) is 18.4. The van der Waals surface area contributed by atoms with Crippen molar-refractivity contribution in [1.29, 1.82) is 0 Å². The molecular formula is C19H29IN4S. The monoisotopic (exact) mass is 472 g/mol. The van der Waals surface area contributed by atoms with Gasteiger partial charge in [0.15, 0.2) is 5.96 Å². The Bertz CT molecular complexity index is 627. The van der Waals surface area contributed by atoms with Gasteiger partial charge in [-0.1, -0.05) is 37.3 Å². The molecule has 1 aromatic carbocycles. The lowest BCUT2D eigenvalue weighted by Crippen LogP contribution is -2.38. The Morgan fingerprint density at radius 1 is 1.24 bits per heavy atom. The molecule has 2 N–H and O–H groups in total. The smallest absolute Gasteiger partial charge is 0.191 e. The fourth-order valence-electron chi connectivity index (χ4n) is 2.42. The van der Waals surface area contributed by atoms with Crippen molar-refractivity contribution in [3.63, 3.8) is 0 Å². The summed E-state index contributed by atoms with van der Waals surface area (Å²) in [4.78, 5) is 9.22. The molecule has 0 amide bonds. The van der Waals surface area contributed by atoms with Crippen molar-refractivity contribution in [1.82, 2.24) is 15.6 Å². The summed E-state index contributed by atoms with van der Waals surface area (Å²) in [5.41, 5.74) is 2.45. The minimum absolute atomic E-state index is 0. The topological polar surface area (TPSA) is 49.3 Å². The quantitative estimate of drug-likeness (QED) is 0.260. The van der Waals surface area contributed by atoms with Crippen molar-refractivity contribution in [2.45, 2.75) is 39.5 Å². The molecule has 1 heterocycles. The minimum Gasteiger partial charge on any atom is -0.357 e. The number of aliphatic imine (C=N–C) groups is 1. The second-order valence-corrected chi connectivity index (χ2v) is 6.89. The third-order valence-corrected chi connectivity index (χ3v) is 4.79. The lowest BCUT2D eigenvalue weighted by Gasteiger charge is -2.13. The largest absolute Gasteiger partial charge is 0.357 e. The summed E-state index contributed by atoms with van der Waals surface area (Å²) in [7, 11) is 0. The molecule has 1 atom stereocenters. The molecule has 0 saturated carbocycles. The van der Waals surface area contributed by atoms with E-state index in [-0.39, 0.29) is 24.0 Å². The standard InChI is InChI=1S/C19H28N4S.HI/c1-4-20-19(21-12-8-11-18-23-16(3)14-24-18)22-13-15(2)17-9-6-5-7-10-17;/h5-7,9-10,14-15H,4,8,11-13H2,1-3H3,(H2,20,21,22);1H. The molecular weight excluding hydrogens is 443 g/mol. The third-order valence-electron chi connectivity index (χ3n) is 3.76. The summed E-state index contributed by atoms with van der Waals surface area (Å²) in [5.74, 6) is 1.32. The molecule has 0 bridgehead atoms. The van der Waals surface area contributed by atoms with E-state index in [1.807, 2.05) is 6.92 Å². The number of hydrogen-bond donors (Lipinski definition) is 2. The average molecular weight is 472 g/mol. The van der Waals surface area contributed by atoms with E-state index in [1.54, 1.807) is 11.3 Å². The molecule has 6 heteroatoms. The number of aromatic nitrogens is 1. The van der Waals surface area contributed by atoms with Gasteiger partial charge in [-0.2, -0.15) is 0 Å². The second kappa shape index (κ2) is 12.2. The SMILES string of the molecule is CCNC(=NCC(C)c1ccccc1)NCCCc1nc(C)cs1.I. The first-order valence-electron chi connectivity index (χ1n) is 8.67. The number of rotatable bonds is 8. The van der Waals surface area contributed by atoms with Crippen LogP contribution < -0.4 is 10.6 Å². The van der Waals surface area contributed by atoms with Crippen LogP contribution in [0.1, 0.15) is 42.5 Å². The molecule has 0 radical (unpaired) electrons. The molecule has 1 aromatic heterocycles. The molecule has 138 valence electrons. The van der Waals surface area contributed by atoms with Crippen molar-refractivity contribution in [3.8, 4) is 0 Å². The van der Waals surface area contributed by atoms with Crippen LogP contribution in [0.2, 0.25) is 0 Å². The fourth-order valence-corrected chi connectivity index (χ4v) is 3.24. The molecule has 1 unspecified atom stereocenters. The zero-order valence-electron chi connectivity index (χ0n) is 15.3. The van der Waals surface area contributed by atoms with Crippen LogP contribution in [0.25, 0.3) is 0 Å². The van der Waals surface area contributed by atoms with Crippen LogP contribution in [0.15, 0.2) is 40.7 Å². The Balaban J connectivity index is 0.00000312. The van der Waals surface area contributed by atoms with Crippen molar-refractivity contribution in [3.05, 3.63) is 52.0 Å². The van der Waals surface area contributed by atoms with Crippen molar-refractivity contribution in [2.75, 3.05) is 19.6 Å². The van der Waals surface area contributed by atoms with Gasteiger partial charge in [0.2, 0.25) is 0 Å². The molecule has 2 rings (SSSR count). The van der Waals surface area contributed by atoms with Crippen LogP contribution in [0.3, 0.4) is 0 Å². The van der Waals surface area contributed by atoms with Gasteiger partial charge < -0.3 is 10.6 Å². The summed E-state index contributed by atoms with van der Waals surface area (Å²) >= 11 is 1.75. The highest BCUT2D eigenvalue weighted by Gasteiger charge is 2.05. The number of nitrogens with zero attached hydrogens (tertiary/aromatic N) is 2. The molecule has 0 aliphatic carbocycles. The van der Waals surface area contributed by atoms with E-state index in [9.17, 15) is 0 Å². The maximum absolute atomic E-state index is 4.72. The van der Waals surface area contributed by atoms with Crippen LogP contribution in [-0.4, -0.2) is 30.6 Å². The van der Waals surface area contributed by atoms with Crippen LogP contribution in [0.5, 0.6) is 0 Å². The maximum Gasteiger partial charge on any atom is 0.191 e. The van der Waals surface area contributed by atoms with Gasteiger partial charge in [0, 0.05) is 43.0 Å². The highest BCUT2D eigenvalue weighted by atomic mass is 127. The van der Waals surface area contributed by atoms with Gasteiger partial charge in [-0.15, -0.1) is 35.3 Å². The second-order valence-electron chi connectivity index (χ2n) is 5.94. The van der Waals surface area contributed by atoms with Gasteiger partial charge in [0.05, 0.1) is 5.01 Å². The Labute approximate surface area is 172 Å². The number of nitrogens with one attached hydrogen (secondary N) is 2. The van der Waals surface area contributed by atoms with Crippen LogP contribution in [0, 0.1) is 6.92 Å². The summed E-state index contributed by atoms with van der Waals surface area (Å²) in [6.07, 6.45) is 2.08. The Morgan fingerprint density at radius 3 is 2.64 bits per heavy atom. The Kier molecular flexibility index (Phi) is 10.7. The van der Waals surface area contributed by atoms with E-state index in [0.717, 1.165) is 44.1 Å². The lowest BCUT2D eigenvalue weighted by atomic mass is 10.0. The van der Waals surface area contributed by atoms with Crippen LogP contribution in [0.4, 0.5) is 0 Å². The third kappa shape index (κ3) is 8.18. The van der Waals surface area contributed by atoms with E-state index < -0.39 is 0 Å². The van der Waals surface area contributed by atoms with Crippen LogP contribution >= 0.6 is 35.3 Å². The molecule has 0 aliphatic heterocycles. The van der Waals surface area contributed by atoms with Gasteiger partial charge in [0.25, 0.3) is 0 Å². The van der Waals surface area contributed by atoms with E-state index in [1.165, 1.54) is 10.6 Å². The van der Waals surface area contributed by atoms with Crippen LogP contribution in [-0.2, 0) is 6.42 Å². The lowest BCUT2D eigenvalue weighted by molar-refractivity contribution is 0.723. The Morgan fingerprint density at radius 2 is 2.00 bits per heavy atom. The van der Waals surface area contributed by atoms with E-state index in [0.29, 0.717) is 5.92 Å². The zero-order chi connectivity index (χ0) is 17.2. The van der Waals surface area contributed by atoms with Gasteiger partial charge in [-0.25, -0.2) is 4.98 Å². The van der Waals surface area contributed by atoms with Crippen molar-refractivity contribution < 1.29 is 0 Å². The number of hydrogen-bond acceptors (Lipinski definition) is 3. The van der Waals surface area contributed by atoms with Gasteiger partial charge in [-0.05, 0) is 25.8 Å². The number of thiazole rings is 1. The van der Waals surface area contributed by atoms with E-state index >= 15 is 0 Å². The molecule has 4 nitrogen and oxygen atoms in total. The number of benzene rings is 1. The summed E-state index contributed by atoms with van der Waals surface area (Å²) in [5, 5.41) is 10.1. The molecule has 0 fully saturated rings. The highest BCUT2D eigenvalue weighted by Crippen LogP contribution is 2.14. The van der Waals surface area contributed by atoms with E-state index in [4.69, 9.17) is 4.99 Å². The van der Waals surface area contributed by atoms with Gasteiger partial charge >= 0.3 is 0 Å². The summed E-state index contributed by atoms with van der Waals surface area (Å²) in [6, 6.07) is 10.5. The van der Waals surface area contributed by atoms with Gasteiger partial charge in [0.1, 0.15) is 0 Å². The molecule has 0 aliphatic rings.